The Hall–Kier alpha value is -1.98. The van der Waals surface area contributed by atoms with Crippen molar-refractivity contribution in [3.8, 4) is 16.5 Å². The zero-order valence-corrected chi connectivity index (χ0v) is 22.5. The van der Waals surface area contributed by atoms with Gasteiger partial charge in [0.05, 0.1) is 0 Å². The van der Waals surface area contributed by atoms with E-state index in [1.807, 2.05) is 18.2 Å². The Morgan fingerprint density at radius 2 is 1.59 bits per heavy atom. The van der Waals surface area contributed by atoms with Gasteiger partial charge in [-0.15, -0.1) is 0 Å². The van der Waals surface area contributed by atoms with Crippen molar-refractivity contribution in [3.63, 3.8) is 0 Å². The molecule has 0 saturated heterocycles. The number of benzene rings is 3. The predicted octanol–water partition coefficient (Wildman–Crippen LogP) is 6.72. The molecule has 0 spiro atoms. The Morgan fingerprint density at radius 1 is 0.906 bits per heavy atom. The summed E-state index contributed by atoms with van der Waals surface area (Å²) in [7, 11) is 0. The van der Waals surface area contributed by atoms with E-state index in [9.17, 15) is 0 Å². The third-order valence-corrected chi connectivity index (χ3v) is 8.25. The van der Waals surface area contributed by atoms with E-state index < -0.39 is 0 Å². The second kappa shape index (κ2) is 9.48. The molecule has 0 amide bonds. The molecule has 3 aromatic rings. The summed E-state index contributed by atoms with van der Waals surface area (Å²) in [5.41, 5.74) is 5.29. The molecule has 164 valence electrons. The van der Waals surface area contributed by atoms with Crippen LogP contribution < -0.4 is 9.20 Å². The van der Waals surface area contributed by atoms with Gasteiger partial charge in [-0.1, -0.05) is 0 Å². The van der Waals surface area contributed by atoms with Crippen LogP contribution in [-0.4, -0.2) is 15.0 Å². The van der Waals surface area contributed by atoms with E-state index >= 15 is 0 Å². The van der Waals surface area contributed by atoms with Crippen molar-refractivity contribution in [2.24, 2.45) is 0 Å². The topological polar surface area (TPSA) is 9.23 Å². The van der Waals surface area contributed by atoms with Gasteiger partial charge in [0, 0.05) is 0 Å². The van der Waals surface area contributed by atoms with Crippen LogP contribution in [0.2, 0.25) is 0 Å². The second-order valence-electron chi connectivity index (χ2n) is 9.72. The molecule has 0 fully saturated rings. The SMILES string of the molecule is CC1(C)CCC(C)(C)c2c(OCc3ccc(Br)cc3)cc([Se]C#Cc3ccccc3)cc21. The molecule has 3 heteroatoms. The number of rotatable bonds is 4. The fraction of sp³-hybridized carbons (Fsp3) is 0.310. The fourth-order valence-electron chi connectivity index (χ4n) is 4.29. The van der Waals surface area contributed by atoms with Crippen LogP contribution in [0, 0.1) is 10.7 Å². The van der Waals surface area contributed by atoms with Crippen LogP contribution in [0.25, 0.3) is 0 Å². The molecule has 1 aliphatic rings. The maximum atomic E-state index is 6.51. The van der Waals surface area contributed by atoms with E-state index in [-0.39, 0.29) is 25.8 Å². The Balaban J connectivity index is 1.70. The van der Waals surface area contributed by atoms with E-state index in [0.717, 1.165) is 15.8 Å². The molecule has 0 bridgehead atoms. The average molecular weight is 552 g/mol. The second-order valence-corrected chi connectivity index (χ2v) is 12.5. The van der Waals surface area contributed by atoms with Crippen LogP contribution in [0.3, 0.4) is 0 Å². The Bertz CT molecular complexity index is 1150. The van der Waals surface area contributed by atoms with E-state index in [1.54, 1.807) is 0 Å². The summed E-state index contributed by atoms with van der Waals surface area (Å²) in [5, 5.41) is 0. The summed E-state index contributed by atoms with van der Waals surface area (Å²) in [4.78, 5) is 3.43. The van der Waals surface area contributed by atoms with Crippen molar-refractivity contribution < 1.29 is 4.74 Å². The maximum absolute atomic E-state index is 6.51. The van der Waals surface area contributed by atoms with Crippen LogP contribution in [0.1, 0.15) is 62.8 Å². The van der Waals surface area contributed by atoms with Crippen molar-refractivity contribution in [1.29, 1.82) is 0 Å². The van der Waals surface area contributed by atoms with Crippen molar-refractivity contribution >= 4 is 35.3 Å². The van der Waals surface area contributed by atoms with Gasteiger partial charge in [-0.3, -0.25) is 0 Å². The number of halogens is 1. The van der Waals surface area contributed by atoms with Crippen molar-refractivity contribution in [3.05, 3.63) is 93.5 Å². The quantitative estimate of drug-likeness (QED) is 0.258. The van der Waals surface area contributed by atoms with Crippen LogP contribution >= 0.6 is 15.9 Å². The molecule has 0 unspecified atom stereocenters. The molecule has 0 heterocycles. The zero-order valence-electron chi connectivity index (χ0n) is 19.2. The molecular weight excluding hydrogens is 523 g/mol. The standard InChI is InChI=1S/C29H29BrOSe/c1-28(2)15-16-29(3,4)27-25(28)18-24(32-17-14-21-8-6-5-7-9-21)19-26(27)31-20-22-10-12-23(30)13-11-22/h5-13,18-19H,15-16,20H2,1-4H3. The average Bonchev–Trinajstić information content (AvgIpc) is 2.77. The molecule has 0 aromatic heterocycles. The van der Waals surface area contributed by atoms with Crippen LogP contribution in [0.4, 0.5) is 0 Å². The molecule has 1 aliphatic carbocycles. The van der Waals surface area contributed by atoms with Gasteiger partial charge in [0.25, 0.3) is 0 Å². The third-order valence-electron chi connectivity index (χ3n) is 6.30. The zero-order chi connectivity index (χ0) is 22.8. The summed E-state index contributed by atoms with van der Waals surface area (Å²) < 4.78 is 8.89. The monoisotopic (exact) mass is 552 g/mol. The number of hydrogen-bond donors (Lipinski definition) is 0. The first-order chi connectivity index (χ1) is 15.2. The first kappa shape index (κ1) is 23.2. The number of fused-ring (bicyclic) bond motifs is 1. The first-order valence-corrected chi connectivity index (χ1v) is 13.5. The fourth-order valence-corrected chi connectivity index (χ4v) is 5.87. The third kappa shape index (κ3) is 5.32. The van der Waals surface area contributed by atoms with Crippen LogP contribution in [-0.2, 0) is 17.4 Å². The van der Waals surface area contributed by atoms with Crippen LogP contribution in [0.5, 0.6) is 5.75 Å². The van der Waals surface area contributed by atoms with E-state index in [2.05, 4.69) is 103 Å². The van der Waals surface area contributed by atoms with Gasteiger partial charge < -0.3 is 0 Å². The van der Waals surface area contributed by atoms with Crippen LogP contribution in [0.15, 0.2) is 71.2 Å². The van der Waals surface area contributed by atoms with Crippen molar-refractivity contribution in [1.82, 2.24) is 0 Å². The Kier molecular flexibility index (Phi) is 6.87. The molecule has 0 aliphatic heterocycles. The molecule has 4 rings (SSSR count). The first-order valence-electron chi connectivity index (χ1n) is 11.0. The van der Waals surface area contributed by atoms with Gasteiger partial charge in [-0.2, -0.15) is 0 Å². The van der Waals surface area contributed by atoms with Gasteiger partial charge in [-0.25, -0.2) is 0 Å². The molecule has 1 nitrogen and oxygen atoms in total. The molecular formula is C29H29BrOSe. The van der Waals surface area contributed by atoms with Gasteiger partial charge in [0.2, 0.25) is 0 Å². The van der Waals surface area contributed by atoms with Crippen molar-refractivity contribution in [2.75, 3.05) is 0 Å². The van der Waals surface area contributed by atoms with Gasteiger partial charge >= 0.3 is 208 Å². The molecule has 0 saturated carbocycles. The summed E-state index contributed by atoms with van der Waals surface area (Å²) in [6.45, 7) is 10.0. The number of hydrogen-bond acceptors (Lipinski definition) is 1. The summed E-state index contributed by atoms with van der Waals surface area (Å²) >= 11 is 3.58. The molecule has 0 atom stereocenters. The molecule has 3 aromatic carbocycles. The minimum atomic E-state index is 0.0677. The molecule has 0 radical (unpaired) electrons. The van der Waals surface area contributed by atoms with Gasteiger partial charge in [0.15, 0.2) is 0 Å². The number of ether oxygens (including phenoxy) is 1. The Labute approximate surface area is 207 Å². The summed E-state index contributed by atoms with van der Waals surface area (Å²) in [6, 6.07) is 23.3. The molecule has 32 heavy (non-hydrogen) atoms. The Morgan fingerprint density at radius 3 is 2.31 bits per heavy atom. The predicted molar refractivity (Wildman–Crippen MR) is 139 cm³/mol. The summed E-state index contributed by atoms with van der Waals surface area (Å²) in [6.07, 6.45) is 2.35. The van der Waals surface area contributed by atoms with Gasteiger partial charge in [0.1, 0.15) is 0 Å². The van der Waals surface area contributed by atoms with E-state index in [1.165, 1.54) is 34.0 Å². The van der Waals surface area contributed by atoms with E-state index in [4.69, 9.17) is 4.74 Å². The van der Waals surface area contributed by atoms with Crippen molar-refractivity contribution in [2.45, 2.75) is 58.0 Å². The molecule has 0 N–H and O–H groups in total. The summed E-state index contributed by atoms with van der Waals surface area (Å²) in [5.74, 6) is 4.35. The van der Waals surface area contributed by atoms with Gasteiger partial charge in [-0.05, 0) is 0 Å². The van der Waals surface area contributed by atoms with E-state index in [0.29, 0.717) is 6.61 Å². The minimum absolute atomic E-state index is 0.0677. The normalized spacial score (nSPS) is 15.9.